The molecular weight excluding hydrogens is 1440 g/mol. The Balaban J connectivity index is 1.51. The summed E-state index contributed by atoms with van der Waals surface area (Å²) < 4.78 is 72.3. The molecule has 0 aliphatic carbocycles. The molecule has 0 aromatic heterocycles. The minimum Gasteiger partial charge on any atom is -0.463 e. The van der Waals surface area contributed by atoms with Gasteiger partial charge in [0, 0.05) is 118 Å². The third-order valence-electron chi connectivity index (χ3n) is 16.6. The molecule has 0 saturated carbocycles. The molecule has 2 aliphatic heterocycles. The summed E-state index contributed by atoms with van der Waals surface area (Å²) in [5.74, 6) is -3.65. The summed E-state index contributed by atoms with van der Waals surface area (Å²) in [5.41, 5.74) is 17.1. The highest BCUT2D eigenvalue weighted by Gasteiger charge is 2.45. The third kappa shape index (κ3) is 42.8. The van der Waals surface area contributed by atoms with E-state index in [9.17, 15) is 78.6 Å². The lowest BCUT2D eigenvalue weighted by Crippen LogP contribution is -2.62. The van der Waals surface area contributed by atoms with Crippen LogP contribution in [0.25, 0.3) is 0 Å². The Morgan fingerprint density at radius 1 is 0.495 bits per heavy atom. The van der Waals surface area contributed by atoms with Crippen molar-refractivity contribution in [1.29, 1.82) is 0 Å². The molecule has 1 aromatic rings. The van der Waals surface area contributed by atoms with Gasteiger partial charge in [0.05, 0.1) is 64.4 Å². The first-order valence-electron chi connectivity index (χ1n) is 37.0. The number of rotatable bonds is 59. The number of esters is 3. The van der Waals surface area contributed by atoms with Crippen molar-refractivity contribution < 1.29 is 140 Å². The first-order chi connectivity index (χ1) is 52.1. The van der Waals surface area contributed by atoms with Crippen LogP contribution in [0.1, 0.15) is 130 Å². The molecule has 0 spiro atoms. The number of nitrogens with one attached hydrogen (secondary N) is 7. The second kappa shape index (κ2) is 56.2. The summed E-state index contributed by atoms with van der Waals surface area (Å²) in [6, 6.07) is 6.05. The van der Waals surface area contributed by atoms with Crippen molar-refractivity contribution in [2.24, 2.45) is 17.2 Å². The molecule has 7 amide bonds. The zero-order chi connectivity index (χ0) is 80.4. The maximum absolute atomic E-state index is 13.6. The largest absolute Gasteiger partial charge is 0.463 e. The summed E-state index contributed by atoms with van der Waals surface area (Å²) in [5, 5.41) is 80.2. The van der Waals surface area contributed by atoms with Gasteiger partial charge in [-0.05, 0) is 70.3 Å². The minimum absolute atomic E-state index is 0.119. The summed E-state index contributed by atoms with van der Waals surface area (Å²) >= 11 is 0. The number of aliphatic hydroxyl groups is 6. The Bertz CT molecular complexity index is 2690. The van der Waals surface area contributed by atoms with Gasteiger partial charge in [-0.25, -0.2) is 4.79 Å². The zero-order valence-electron chi connectivity index (χ0n) is 63.0. The van der Waals surface area contributed by atoms with Crippen molar-refractivity contribution >= 4 is 59.4 Å². The van der Waals surface area contributed by atoms with E-state index >= 15 is 0 Å². The summed E-state index contributed by atoms with van der Waals surface area (Å²) in [4.78, 5) is 124. The molecule has 2 fully saturated rings. The highest BCUT2D eigenvalue weighted by molar-refractivity contribution is 5.78. The van der Waals surface area contributed by atoms with E-state index in [4.69, 9.17) is 78.8 Å². The maximum Gasteiger partial charge on any atom is 0.408 e. The summed E-state index contributed by atoms with van der Waals surface area (Å²) in [7, 11) is 0. The van der Waals surface area contributed by atoms with Gasteiger partial charge in [0.15, 0.2) is 18.9 Å². The fourth-order valence-corrected chi connectivity index (χ4v) is 10.4. The summed E-state index contributed by atoms with van der Waals surface area (Å²) in [6.07, 6.45) is -10.3. The number of hydrogen-bond donors (Lipinski definition) is 16. The van der Waals surface area contributed by atoms with Crippen LogP contribution in [-0.2, 0) is 111 Å². The van der Waals surface area contributed by atoms with Crippen LogP contribution in [0.15, 0.2) is 30.3 Å². The second-order valence-corrected chi connectivity index (χ2v) is 26.3. The first-order valence-corrected chi connectivity index (χ1v) is 37.0. The normalized spacial score (nSPS) is 21.4. The number of carbonyl (C=O) groups is 10. The van der Waals surface area contributed by atoms with Gasteiger partial charge >= 0.3 is 24.0 Å². The third-order valence-corrected chi connectivity index (χ3v) is 16.6. The van der Waals surface area contributed by atoms with Gasteiger partial charge in [-0.15, -0.1) is 0 Å². The molecule has 14 atom stereocenters. The lowest BCUT2D eigenvalue weighted by molar-refractivity contribution is -0.267. The molecule has 2 heterocycles. The predicted octanol–water partition coefficient (Wildman–Crippen LogP) is -4.05. The van der Waals surface area contributed by atoms with Gasteiger partial charge in [0.2, 0.25) is 35.4 Å². The van der Waals surface area contributed by atoms with Crippen LogP contribution >= 0.6 is 0 Å². The molecule has 5 unspecified atom stereocenters. The number of hydrogen-bond acceptors (Lipinski definition) is 32. The molecule has 0 bridgehead atoms. The van der Waals surface area contributed by atoms with Crippen molar-refractivity contribution in [3.63, 3.8) is 0 Å². The number of unbranched alkanes of at least 4 members (excludes halogenated alkanes) is 3. The standard InChI is InChI=1S/C70H120N10O29/c1-45(71)66(107-51(50(85)37-81)39-103-46(2)82)100-31-11-8-19-54(86)74-25-14-28-77-57(89)22-34-97-42-70(80-69(96)106-38-49-17-6-5-7-18-49,43-98-35-23-58(90)78-29-15-26-75-55(87)20-9-12-32-101-67-60(72)64(94)62(92)52(108-67)40-104-47(3)83)44-99-36-24-59(91)79-30-16-27-76-56(88)21-10-13-33-102-68-61(73)65(95)63(93)53(109-68)41-105-48(4)84/h5-7,17-18,45,50-53,60-68,81,85,92-95H,8-16,19-44,71-73H2,1-4H3,(H,74,86)(H,75,87)(H,76,88)(H,77,89)(H,78,90)(H,79,91)(H,80,96)/t45-,50+,51?,52?,53?,60-,61-,62-,63-,64?,65?,66+,67+,68+,70?/m0/s1. The van der Waals surface area contributed by atoms with E-state index in [1.54, 1.807) is 37.3 Å². The molecule has 0 radical (unpaired) electrons. The lowest BCUT2D eigenvalue weighted by atomic mass is 9.98. The molecular formula is C70H120N10O29. The van der Waals surface area contributed by atoms with Gasteiger partial charge in [-0.2, -0.15) is 0 Å². The average Bonchev–Trinajstić information content (AvgIpc) is 0.832. The van der Waals surface area contributed by atoms with Gasteiger partial charge in [0.25, 0.3) is 0 Å². The highest BCUT2D eigenvalue weighted by atomic mass is 16.7. The smallest absolute Gasteiger partial charge is 0.408 e. The van der Waals surface area contributed by atoms with Crippen LogP contribution in [-0.4, -0.2) is 307 Å². The van der Waals surface area contributed by atoms with Gasteiger partial charge in [-0.3, -0.25) is 43.2 Å². The molecule has 2 aliphatic rings. The van der Waals surface area contributed by atoms with Crippen LogP contribution in [0, 0.1) is 0 Å². The van der Waals surface area contributed by atoms with Gasteiger partial charge in [-0.1, -0.05) is 30.3 Å². The van der Waals surface area contributed by atoms with Crippen molar-refractivity contribution in [1.82, 2.24) is 37.2 Å². The Labute approximate surface area is 635 Å². The minimum atomic E-state index is -1.54. The molecule has 2 saturated heterocycles. The zero-order valence-corrected chi connectivity index (χ0v) is 63.0. The average molecular weight is 1570 g/mol. The highest BCUT2D eigenvalue weighted by Crippen LogP contribution is 2.24. The van der Waals surface area contributed by atoms with Crippen LogP contribution in [0.5, 0.6) is 0 Å². The van der Waals surface area contributed by atoms with E-state index in [2.05, 4.69) is 37.2 Å². The first kappa shape index (κ1) is 96.2. The van der Waals surface area contributed by atoms with E-state index in [0.717, 1.165) is 0 Å². The molecule has 3 rings (SSSR count). The SMILES string of the molecule is CC(=O)OCC1O[C@@H](OCCCCC(=O)NCCCNC(=O)CCOCC(COCCC(=O)NCCCNC(=O)CCCCO[C@H](OC(COC(C)=O)[C@H](O)CO)[C@H](C)N)(COCCC(=O)NCCCNC(=O)CCCCO[C@@H]2OC(COC(C)=O)[C@H](O)C(O)[C@@H]2N)NC(=O)OCc2ccccc2)[C@@H](N)C(O)[C@H]1O. The van der Waals surface area contributed by atoms with Crippen molar-refractivity contribution in [3.05, 3.63) is 35.9 Å². The van der Waals surface area contributed by atoms with E-state index in [0.29, 0.717) is 63.4 Å². The Morgan fingerprint density at radius 3 is 1.24 bits per heavy atom. The number of aliphatic hydroxyl groups excluding tert-OH is 6. The lowest BCUT2D eigenvalue weighted by Gasteiger charge is -2.40. The van der Waals surface area contributed by atoms with Crippen molar-refractivity contribution in [2.75, 3.05) is 125 Å². The van der Waals surface area contributed by atoms with E-state index in [-0.39, 0.29) is 199 Å². The second-order valence-electron chi connectivity index (χ2n) is 26.3. The van der Waals surface area contributed by atoms with Gasteiger partial charge < -0.3 is 147 Å². The fraction of sp³-hybridized carbons (Fsp3) is 0.771. The molecule has 39 heteroatoms. The van der Waals surface area contributed by atoms with Crippen LogP contribution in [0.4, 0.5) is 4.79 Å². The maximum atomic E-state index is 13.6. The molecule has 19 N–H and O–H groups in total. The topological polar surface area (TPSA) is 574 Å². The van der Waals surface area contributed by atoms with Crippen LogP contribution in [0.3, 0.4) is 0 Å². The number of benzene rings is 1. The van der Waals surface area contributed by atoms with Crippen molar-refractivity contribution in [2.45, 2.75) is 222 Å². The van der Waals surface area contributed by atoms with Crippen LogP contribution in [0.2, 0.25) is 0 Å². The van der Waals surface area contributed by atoms with Crippen molar-refractivity contribution in [3.8, 4) is 0 Å². The van der Waals surface area contributed by atoms with Crippen LogP contribution < -0.4 is 54.4 Å². The fourth-order valence-electron chi connectivity index (χ4n) is 10.4. The predicted molar refractivity (Wildman–Crippen MR) is 383 cm³/mol. The number of amides is 7. The molecule has 109 heavy (non-hydrogen) atoms. The van der Waals surface area contributed by atoms with E-state index < -0.39 is 122 Å². The number of carbonyl (C=O) groups excluding carboxylic acids is 10. The molecule has 39 nitrogen and oxygen atoms in total. The van der Waals surface area contributed by atoms with E-state index in [1.165, 1.54) is 20.8 Å². The molecule has 1 aromatic carbocycles. The van der Waals surface area contributed by atoms with E-state index in [1.807, 2.05) is 0 Å². The molecule has 624 valence electrons. The summed E-state index contributed by atoms with van der Waals surface area (Å²) in [6.45, 7) is 3.85. The quantitative estimate of drug-likeness (QED) is 0.0128. The van der Waals surface area contributed by atoms with Gasteiger partial charge in [0.1, 0.15) is 80.8 Å². The number of alkyl carbamates (subject to hydrolysis) is 1. The Morgan fingerprint density at radius 2 is 0.872 bits per heavy atom. The Kier molecular flexibility index (Phi) is 49.6. The number of nitrogens with two attached hydrogens (primary N) is 3. The number of ether oxygens (including phenoxy) is 13. The monoisotopic (exact) mass is 1560 g/mol. The Hall–Kier alpha value is -7.00.